The molecular formula is C5H11NO2U. The first-order valence-electron chi connectivity index (χ1n) is 2.83. The van der Waals surface area contributed by atoms with Gasteiger partial charge in [-0.3, -0.25) is 0 Å². The van der Waals surface area contributed by atoms with Crippen LogP contribution >= 0.6 is 0 Å². The van der Waals surface area contributed by atoms with E-state index in [9.17, 15) is 0 Å². The fourth-order valence-electron chi connectivity index (χ4n) is 0.715. The van der Waals surface area contributed by atoms with Gasteiger partial charge in [0, 0.05) is 31.1 Å². The van der Waals surface area contributed by atoms with Crippen LogP contribution in [-0.2, 0) is 4.74 Å². The van der Waals surface area contributed by atoms with Gasteiger partial charge in [0.1, 0.15) is 0 Å². The normalized spacial score (nSPS) is 27.0. The predicted molar refractivity (Wildman–Crippen MR) is 27.9 cm³/mol. The summed E-state index contributed by atoms with van der Waals surface area (Å²) >= 11 is 0. The smallest absolute Gasteiger partial charge is 0.0996 e. The van der Waals surface area contributed by atoms with Crippen molar-refractivity contribution < 1.29 is 46.3 Å². The molecule has 0 aliphatic carbocycles. The first-order valence-corrected chi connectivity index (χ1v) is 2.83. The summed E-state index contributed by atoms with van der Waals surface area (Å²) in [6.45, 7) is 3.65. The van der Waals surface area contributed by atoms with Gasteiger partial charge in [0.15, 0.2) is 0 Å². The van der Waals surface area contributed by atoms with Gasteiger partial charge >= 0.3 is 0 Å². The molecule has 9 heavy (non-hydrogen) atoms. The number of rotatable bonds is 1. The Labute approximate surface area is 78.5 Å². The first-order chi connectivity index (χ1) is 3.93. The molecule has 52 valence electrons. The van der Waals surface area contributed by atoms with E-state index in [-0.39, 0.29) is 43.8 Å². The van der Waals surface area contributed by atoms with Crippen molar-refractivity contribution in [1.29, 1.82) is 0 Å². The van der Waals surface area contributed by atoms with Crippen LogP contribution in [0.5, 0.6) is 0 Å². The fourth-order valence-corrected chi connectivity index (χ4v) is 0.715. The third-order valence-corrected chi connectivity index (χ3v) is 1.18. The maximum absolute atomic E-state index is 8.53. The van der Waals surface area contributed by atoms with Crippen LogP contribution in [0.2, 0.25) is 0 Å². The van der Waals surface area contributed by atoms with E-state index in [2.05, 4.69) is 5.32 Å². The molecule has 1 saturated heterocycles. The summed E-state index contributed by atoms with van der Waals surface area (Å²) in [6.07, 6.45) is 0.0312. The molecule has 0 spiro atoms. The van der Waals surface area contributed by atoms with Crippen LogP contribution < -0.4 is 5.32 Å². The van der Waals surface area contributed by atoms with E-state index in [0.29, 0.717) is 0 Å². The molecule has 1 fully saturated rings. The van der Waals surface area contributed by atoms with E-state index in [0.717, 1.165) is 13.1 Å². The van der Waals surface area contributed by atoms with Gasteiger partial charge < -0.3 is 15.2 Å². The predicted octanol–water partition coefficient (Wildman–Crippen LogP) is -1.90. The van der Waals surface area contributed by atoms with E-state index in [1.807, 2.05) is 0 Å². The molecule has 0 aromatic carbocycles. The van der Waals surface area contributed by atoms with Crippen molar-refractivity contribution in [2.24, 2.45) is 0 Å². The van der Waals surface area contributed by atoms with Gasteiger partial charge in [0.2, 0.25) is 0 Å². The molecule has 1 heterocycles. The molecule has 1 rings (SSSR count). The van der Waals surface area contributed by atoms with E-state index < -0.39 is 0 Å². The van der Waals surface area contributed by atoms with Crippen LogP contribution in [0, 0.1) is 37.7 Å². The van der Waals surface area contributed by atoms with Crippen molar-refractivity contribution in [2.75, 3.05) is 19.7 Å². The maximum atomic E-state index is 8.53. The molecule has 1 unspecified atom stereocenters. The quantitative estimate of drug-likeness (QED) is 0.540. The second-order valence-corrected chi connectivity index (χ2v) is 1.87. The standard InChI is InChI=1S/C5H10NO2.U/c7-4-5-3-6-1-2-8-5;/h2,5-7H,1,3-4H2;/q-1;/p+1. The number of hydrogen-bond donors (Lipinski definition) is 2. The molecular weight excluding hydrogens is 344 g/mol. The fraction of sp³-hybridized carbons (Fsp3) is 0.800. The SMILES string of the molecule is OCC1C[NH2+]C[CH-]O1.[U]. The Hall–Kier alpha value is 0.932. The summed E-state index contributed by atoms with van der Waals surface area (Å²) in [5.41, 5.74) is 0. The Morgan fingerprint density at radius 2 is 2.56 bits per heavy atom. The Morgan fingerprint density at radius 3 is 2.89 bits per heavy atom. The molecule has 3 nitrogen and oxygen atoms in total. The Bertz CT molecular complexity index is 66.0. The summed E-state index contributed by atoms with van der Waals surface area (Å²) in [4.78, 5) is 0. The average Bonchev–Trinajstić information content (AvgIpc) is 1.90. The third-order valence-electron chi connectivity index (χ3n) is 1.18. The van der Waals surface area contributed by atoms with Crippen LogP contribution in [0.3, 0.4) is 0 Å². The molecule has 0 amide bonds. The minimum atomic E-state index is 0. The summed E-state index contributed by atoms with van der Waals surface area (Å²) in [7, 11) is 0. The molecule has 3 N–H and O–H groups in total. The second kappa shape index (κ2) is 5.70. The van der Waals surface area contributed by atoms with Gasteiger partial charge in [-0.1, -0.05) is 0 Å². The van der Waals surface area contributed by atoms with Crippen molar-refractivity contribution in [3.8, 4) is 0 Å². The van der Waals surface area contributed by atoms with Crippen LogP contribution in [0.25, 0.3) is 0 Å². The van der Waals surface area contributed by atoms with Crippen LogP contribution in [0.15, 0.2) is 0 Å². The van der Waals surface area contributed by atoms with Gasteiger partial charge in [-0.05, 0) is 6.54 Å². The molecule has 0 aromatic heterocycles. The van der Waals surface area contributed by atoms with Gasteiger partial charge in [-0.15, -0.1) is 0 Å². The Morgan fingerprint density at radius 1 is 1.78 bits per heavy atom. The molecule has 0 radical (unpaired) electrons. The van der Waals surface area contributed by atoms with Gasteiger partial charge in [-0.25, -0.2) is 0 Å². The number of aliphatic hydroxyl groups is 1. The summed E-state index contributed by atoms with van der Waals surface area (Å²) in [5.74, 6) is 0. The largest absolute Gasteiger partial charge is 0.539 e. The number of hydrogen-bond acceptors (Lipinski definition) is 2. The molecule has 0 aromatic rings. The molecule has 0 bridgehead atoms. The zero-order chi connectivity index (χ0) is 5.82. The van der Waals surface area contributed by atoms with Crippen molar-refractivity contribution >= 4 is 0 Å². The van der Waals surface area contributed by atoms with Crippen molar-refractivity contribution in [3.63, 3.8) is 0 Å². The minimum Gasteiger partial charge on any atom is -0.539 e. The monoisotopic (exact) mass is 355 g/mol. The van der Waals surface area contributed by atoms with Gasteiger partial charge in [0.25, 0.3) is 0 Å². The maximum Gasteiger partial charge on any atom is 0.0996 e. The van der Waals surface area contributed by atoms with Crippen LogP contribution in [0.1, 0.15) is 0 Å². The van der Waals surface area contributed by atoms with E-state index in [1.54, 1.807) is 6.61 Å². The zero-order valence-electron chi connectivity index (χ0n) is 5.21. The average molecular weight is 355 g/mol. The molecule has 1 aliphatic rings. The molecule has 4 heteroatoms. The number of ether oxygens (including phenoxy) is 1. The number of aliphatic hydroxyl groups excluding tert-OH is 1. The van der Waals surface area contributed by atoms with E-state index in [1.165, 1.54) is 0 Å². The van der Waals surface area contributed by atoms with Crippen LogP contribution in [0.4, 0.5) is 0 Å². The van der Waals surface area contributed by atoms with Crippen molar-refractivity contribution in [3.05, 3.63) is 6.61 Å². The topological polar surface area (TPSA) is 46.1 Å². The van der Waals surface area contributed by atoms with E-state index >= 15 is 0 Å². The van der Waals surface area contributed by atoms with Crippen molar-refractivity contribution in [2.45, 2.75) is 6.10 Å². The number of quaternary nitrogens is 1. The molecule has 1 atom stereocenters. The first kappa shape index (κ1) is 9.93. The van der Waals surface area contributed by atoms with Gasteiger partial charge in [-0.2, -0.15) is 6.61 Å². The Kier molecular flexibility index (Phi) is 6.29. The number of morpholine rings is 1. The van der Waals surface area contributed by atoms with Crippen LogP contribution in [-0.4, -0.2) is 30.9 Å². The Balaban J connectivity index is 0.000000640. The number of nitrogens with two attached hydrogens (primary N) is 1. The van der Waals surface area contributed by atoms with E-state index in [4.69, 9.17) is 9.84 Å². The van der Waals surface area contributed by atoms with Gasteiger partial charge in [0.05, 0.1) is 19.3 Å². The van der Waals surface area contributed by atoms with Crippen molar-refractivity contribution in [1.82, 2.24) is 0 Å². The summed E-state index contributed by atoms with van der Waals surface area (Å²) < 4.78 is 5.02. The molecule has 0 saturated carbocycles. The zero-order valence-corrected chi connectivity index (χ0v) is 9.37. The summed E-state index contributed by atoms with van der Waals surface area (Å²) in [6, 6.07) is 0. The second-order valence-electron chi connectivity index (χ2n) is 1.87. The third kappa shape index (κ3) is 3.59. The summed E-state index contributed by atoms with van der Waals surface area (Å²) in [5, 5.41) is 10.6. The molecule has 1 aliphatic heterocycles. The minimum absolute atomic E-state index is 0.